The Morgan fingerprint density at radius 1 is 1.43 bits per heavy atom. The van der Waals surface area contributed by atoms with Crippen LogP contribution in [0, 0.1) is 0 Å². The highest BCUT2D eigenvalue weighted by Crippen LogP contribution is 2.19. The van der Waals surface area contributed by atoms with Gasteiger partial charge in [0, 0.05) is 13.1 Å². The van der Waals surface area contributed by atoms with Gasteiger partial charge in [0.05, 0.1) is 18.2 Å². The number of carbonyl (C=O) groups excluding carboxylic acids is 1. The zero-order chi connectivity index (χ0) is 15.2. The van der Waals surface area contributed by atoms with Crippen LogP contribution in [0.1, 0.15) is 44.7 Å². The van der Waals surface area contributed by atoms with Crippen molar-refractivity contribution in [3.05, 3.63) is 35.9 Å². The number of nitrogens with one attached hydrogen (secondary N) is 1. The van der Waals surface area contributed by atoms with Crippen molar-refractivity contribution in [2.75, 3.05) is 13.1 Å². The van der Waals surface area contributed by atoms with E-state index in [4.69, 9.17) is 0 Å². The van der Waals surface area contributed by atoms with Crippen LogP contribution < -0.4 is 5.32 Å². The van der Waals surface area contributed by atoms with Gasteiger partial charge in [0.1, 0.15) is 0 Å². The molecule has 1 heterocycles. The summed E-state index contributed by atoms with van der Waals surface area (Å²) in [5, 5.41) is 12.8. The first kappa shape index (κ1) is 16.0. The number of likely N-dealkylation sites (tertiary alicyclic amines) is 1. The molecule has 1 aliphatic heterocycles. The molecule has 0 bridgehead atoms. The maximum absolute atomic E-state index is 12.5. The van der Waals surface area contributed by atoms with Crippen LogP contribution in [0.3, 0.4) is 0 Å². The summed E-state index contributed by atoms with van der Waals surface area (Å²) >= 11 is 0. The molecule has 2 N–H and O–H groups in total. The van der Waals surface area contributed by atoms with Gasteiger partial charge < -0.3 is 10.4 Å². The van der Waals surface area contributed by atoms with E-state index in [0.29, 0.717) is 6.54 Å². The van der Waals surface area contributed by atoms with Crippen molar-refractivity contribution >= 4 is 5.91 Å². The molecule has 2 unspecified atom stereocenters. The zero-order valence-electron chi connectivity index (χ0n) is 13.0. The SMILES string of the molecule is CCCC(NC(=O)C(C)N1CC[C@@H](O)C1)c1ccccc1. The fourth-order valence-electron chi connectivity index (χ4n) is 2.87. The second-order valence-corrected chi connectivity index (χ2v) is 5.87. The highest BCUT2D eigenvalue weighted by molar-refractivity contribution is 5.81. The van der Waals surface area contributed by atoms with Crippen molar-refractivity contribution in [2.45, 2.75) is 51.3 Å². The zero-order valence-corrected chi connectivity index (χ0v) is 13.0. The van der Waals surface area contributed by atoms with Gasteiger partial charge in [-0.15, -0.1) is 0 Å². The Hall–Kier alpha value is -1.39. The molecule has 0 aromatic heterocycles. The Morgan fingerprint density at radius 3 is 2.71 bits per heavy atom. The highest BCUT2D eigenvalue weighted by atomic mass is 16.3. The Morgan fingerprint density at radius 2 is 2.14 bits per heavy atom. The Bertz CT molecular complexity index is 449. The van der Waals surface area contributed by atoms with E-state index in [9.17, 15) is 9.90 Å². The third kappa shape index (κ3) is 4.29. The Labute approximate surface area is 127 Å². The third-order valence-electron chi connectivity index (χ3n) is 4.22. The van der Waals surface area contributed by atoms with Crippen LogP contribution in [-0.4, -0.2) is 41.1 Å². The monoisotopic (exact) mass is 290 g/mol. The van der Waals surface area contributed by atoms with E-state index in [-0.39, 0.29) is 24.1 Å². The molecule has 4 nitrogen and oxygen atoms in total. The van der Waals surface area contributed by atoms with Crippen LogP contribution in [0.15, 0.2) is 30.3 Å². The largest absolute Gasteiger partial charge is 0.392 e. The number of rotatable bonds is 6. The number of aliphatic hydroxyl groups excluding tert-OH is 1. The van der Waals surface area contributed by atoms with Gasteiger partial charge in [-0.25, -0.2) is 0 Å². The van der Waals surface area contributed by atoms with Crippen LogP contribution in [-0.2, 0) is 4.79 Å². The van der Waals surface area contributed by atoms with Crippen LogP contribution in [0.4, 0.5) is 0 Å². The first-order chi connectivity index (χ1) is 10.1. The second kappa shape index (κ2) is 7.57. The molecule has 1 aromatic rings. The summed E-state index contributed by atoms with van der Waals surface area (Å²) in [5.41, 5.74) is 1.15. The Balaban J connectivity index is 1.98. The van der Waals surface area contributed by atoms with Gasteiger partial charge in [0.2, 0.25) is 5.91 Å². The van der Waals surface area contributed by atoms with Crippen molar-refractivity contribution in [1.29, 1.82) is 0 Å². The number of aliphatic hydroxyl groups is 1. The maximum atomic E-state index is 12.5. The third-order valence-corrected chi connectivity index (χ3v) is 4.22. The Kier molecular flexibility index (Phi) is 5.76. The maximum Gasteiger partial charge on any atom is 0.237 e. The summed E-state index contributed by atoms with van der Waals surface area (Å²) in [6, 6.07) is 10.00. The van der Waals surface area contributed by atoms with Gasteiger partial charge in [-0.1, -0.05) is 43.7 Å². The summed E-state index contributed by atoms with van der Waals surface area (Å²) in [7, 11) is 0. The number of β-amino-alcohol motifs (C(OH)–C–C–N with tert-alkyl or cyclic N) is 1. The molecule has 116 valence electrons. The molecule has 1 fully saturated rings. The van der Waals surface area contributed by atoms with Crippen LogP contribution in [0.5, 0.6) is 0 Å². The lowest BCUT2D eigenvalue weighted by molar-refractivity contribution is -0.126. The van der Waals surface area contributed by atoms with Crippen molar-refractivity contribution in [3.63, 3.8) is 0 Å². The predicted octanol–water partition coefficient (Wildman–Crippen LogP) is 2.10. The van der Waals surface area contributed by atoms with Gasteiger partial charge in [0.25, 0.3) is 0 Å². The molecular formula is C17H26N2O2. The fourth-order valence-corrected chi connectivity index (χ4v) is 2.87. The second-order valence-electron chi connectivity index (χ2n) is 5.87. The number of hydrogen-bond donors (Lipinski definition) is 2. The molecule has 1 aromatic carbocycles. The minimum Gasteiger partial charge on any atom is -0.392 e. The van der Waals surface area contributed by atoms with Gasteiger partial charge >= 0.3 is 0 Å². The van der Waals surface area contributed by atoms with E-state index >= 15 is 0 Å². The van der Waals surface area contributed by atoms with Crippen molar-refractivity contribution in [2.24, 2.45) is 0 Å². The van der Waals surface area contributed by atoms with Crippen LogP contribution in [0.25, 0.3) is 0 Å². The van der Waals surface area contributed by atoms with Gasteiger partial charge in [-0.3, -0.25) is 9.69 Å². The topological polar surface area (TPSA) is 52.6 Å². The summed E-state index contributed by atoms with van der Waals surface area (Å²) in [4.78, 5) is 14.5. The normalized spacial score (nSPS) is 22.0. The number of benzene rings is 1. The summed E-state index contributed by atoms with van der Waals surface area (Å²) < 4.78 is 0. The van der Waals surface area contributed by atoms with Crippen molar-refractivity contribution in [1.82, 2.24) is 10.2 Å². The van der Waals surface area contributed by atoms with Crippen LogP contribution >= 0.6 is 0 Å². The average molecular weight is 290 g/mol. The lowest BCUT2D eigenvalue weighted by atomic mass is 10.0. The van der Waals surface area contributed by atoms with E-state index in [1.54, 1.807) is 0 Å². The summed E-state index contributed by atoms with van der Waals surface area (Å²) in [6.07, 6.45) is 2.43. The molecule has 4 heteroatoms. The smallest absolute Gasteiger partial charge is 0.237 e. The average Bonchev–Trinajstić information content (AvgIpc) is 2.93. The minimum absolute atomic E-state index is 0.0476. The molecule has 1 aliphatic rings. The van der Waals surface area contributed by atoms with Gasteiger partial charge in [0.15, 0.2) is 0 Å². The highest BCUT2D eigenvalue weighted by Gasteiger charge is 2.29. The number of hydrogen-bond acceptors (Lipinski definition) is 3. The first-order valence-electron chi connectivity index (χ1n) is 7.89. The fraction of sp³-hybridized carbons (Fsp3) is 0.588. The molecule has 3 atom stereocenters. The molecular weight excluding hydrogens is 264 g/mol. The van der Waals surface area contributed by atoms with Crippen LogP contribution in [0.2, 0.25) is 0 Å². The van der Waals surface area contributed by atoms with Gasteiger partial charge in [-0.05, 0) is 25.3 Å². The summed E-state index contributed by atoms with van der Waals surface area (Å²) in [6.45, 7) is 5.43. The molecule has 1 amide bonds. The van der Waals surface area contributed by atoms with E-state index in [2.05, 4.69) is 24.4 Å². The molecule has 0 saturated carbocycles. The molecule has 0 radical (unpaired) electrons. The number of amides is 1. The molecule has 2 rings (SSSR count). The van der Waals surface area contributed by atoms with E-state index in [1.165, 1.54) is 0 Å². The molecule has 0 spiro atoms. The van der Waals surface area contributed by atoms with E-state index in [0.717, 1.165) is 31.4 Å². The molecule has 21 heavy (non-hydrogen) atoms. The van der Waals surface area contributed by atoms with E-state index in [1.807, 2.05) is 30.0 Å². The van der Waals surface area contributed by atoms with E-state index < -0.39 is 0 Å². The number of nitrogens with zero attached hydrogens (tertiary/aromatic N) is 1. The standard InChI is InChI=1S/C17H26N2O2/c1-3-7-16(14-8-5-4-6-9-14)18-17(21)13(2)19-11-10-15(20)12-19/h4-6,8-9,13,15-16,20H,3,7,10-12H2,1-2H3,(H,18,21)/t13?,15-,16?/m1/s1. The van der Waals surface area contributed by atoms with Gasteiger partial charge in [-0.2, -0.15) is 0 Å². The summed E-state index contributed by atoms with van der Waals surface area (Å²) in [5.74, 6) is 0.0476. The quantitative estimate of drug-likeness (QED) is 0.843. The number of carbonyl (C=O) groups is 1. The lowest BCUT2D eigenvalue weighted by Gasteiger charge is -2.26. The minimum atomic E-state index is -0.291. The lowest BCUT2D eigenvalue weighted by Crippen LogP contribution is -2.45. The molecule has 1 saturated heterocycles. The molecule has 0 aliphatic carbocycles. The van der Waals surface area contributed by atoms with Crippen molar-refractivity contribution < 1.29 is 9.90 Å². The predicted molar refractivity (Wildman–Crippen MR) is 83.9 cm³/mol. The first-order valence-corrected chi connectivity index (χ1v) is 7.89. The van der Waals surface area contributed by atoms with Crippen molar-refractivity contribution in [3.8, 4) is 0 Å².